The molecule has 0 bridgehead atoms. The second kappa shape index (κ2) is 8.69. The first-order chi connectivity index (χ1) is 14.7. The fourth-order valence-electron chi connectivity index (χ4n) is 4.13. The zero-order chi connectivity index (χ0) is 21.1. The highest BCUT2D eigenvalue weighted by atomic mass is 16.5. The third-order valence-corrected chi connectivity index (χ3v) is 5.62. The van der Waals surface area contributed by atoms with E-state index in [9.17, 15) is 0 Å². The second-order valence-corrected chi connectivity index (χ2v) is 7.37. The van der Waals surface area contributed by atoms with Crippen LogP contribution in [0.25, 0.3) is 10.9 Å². The SMILES string of the molecule is CCOc1ccccc1N1CCN(c2cc(C)c3c(OC)ccc(OC)c3n2)CC1. The molecule has 0 N–H and O–H groups in total. The van der Waals surface area contributed by atoms with Gasteiger partial charge in [-0.3, -0.25) is 0 Å². The van der Waals surface area contributed by atoms with Gasteiger partial charge in [0.05, 0.1) is 26.5 Å². The lowest BCUT2D eigenvalue weighted by atomic mass is 10.1. The normalized spacial score (nSPS) is 14.1. The molecule has 0 saturated carbocycles. The molecule has 0 spiro atoms. The molecule has 1 aliphatic heterocycles. The lowest BCUT2D eigenvalue weighted by molar-refractivity contribution is 0.340. The van der Waals surface area contributed by atoms with Crippen molar-refractivity contribution in [3.8, 4) is 17.2 Å². The summed E-state index contributed by atoms with van der Waals surface area (Å²) in [6.45, 7) is 8.41. The molecule has 2 heterocycles. The van der Waals surface area contributed by atoms with Gasteiger partial charge in [-0.05, 0) is 49.7 Å². The molecule has 0 unspecified atom stereocenters. The summed E-state index contributed by atoms with van der Waals surface area (Å²) < 4.78 is 17.0. The Bertz CT molecular complexity index is 1030. The minimum absolute atomic E-state index is 0.669. The largest absolute Gasteiger partial charge is 0.496 e. The van der Waals surface area contributed by atoms with Crippen LogP contribution in [0.4, 0.5) is 11.5 Å². The smallest absolute Gasteiger partial charge is 0.145 e. The Morgan fingerprint density at radius 1 is 0.867 bits per heavy atom. The van der Waals surface area contributed by atoms with E-state index in [4.69, 9.17) is 19.2 Å². The van der Waals surface area contributed by atoms with Gasteiger partial charge in [0.25, 0.3) is 0 Å². The number of hydrogen-bond donors (Lipinski definition) is 0. The molecule has 1 fully saturated rings. The van der Waals surface area contributed by atoms with Crippen molar-refractivity contribution in [2.24, 2.45) is 0 Å². The Labute approximate surface area is 178 Å². The van der Waals surface area contributed by atoms with Crippen molar-refractivity contribution in [3.05, 3.63) is 48.0 Å². The maximum absolute atomic E-state index is 5.82. The van der Waals surface area contributed by atoms with Crippen LogP contribution in [-0.2, 0) is 0 Å². The maximum Gasteiger partial charge on any atom is 0.145 e. The Kier molecular flexibility index (Phi) is 5.84. The summed E-state index contributed by atoms with van der Waals surface area (Å²) in [5.74, 6) is 3.51. The number of pyridine rings is 1. The zero-order valence-corrected chi connectivity index (χ0v) is 18.1. The summed E-state index contributed by atoms with van der Waals surface area (Å²) in [5, 5.41) is 1.00. The minimum Gasteiger partial charge on any atom is -0.496 e. The van der Waals surface area contributed by atoms with Gasteiger partial charge in [-0.1, -0.05) is 12.1 Å². The topological polar surface area (TPSA) is 47.1 Å². The molecule has 158 valence electrons. The number of para-hydroxylation sites is 2. The molecular weight excluding hydrogens is 378 g/mol. The molecular formula is C24H29N3O3. The lowest BCUT2D eigenvalue weighted by Crippen LogP contribution is -2.47. The number of methoxy groups -OCH3 is 2. The molecule has 2 aromatic carbocycles. The predicted molar refractivity (Wildman–Crippen MR) is 122 cm³/mol. The average molecular weight is 408 g/mol. The fraction of sp³-hybridized carbons (Fsp3) is 0.375. The molecule has 0 aliphatic carbocycles. The van der Waals surface area contributed by atoms with Gasteiger partial charge in [0, 0.05) is 31.6 Å². The standard InChI is InChI=1S/C24H29N3O3/c1-5-30-19-9-7-6-8-18(19)26-12-14-27(15-13-26)22-16-17(2)23-20(28-3)10-11-21(29-4)24(23)25-22/h6-11,16H,5,12-15H2,1-4H3. The second-order valence-electron chi connectivity index (χ2n) is 7.37. The van der Waals surface area contributed by atoms with E-state index in [-0.39, 0.29) is 0 Å². The molecule has 3 aromatic rings. The number of rotatable bonds is 6. The van der Waals surface area contributed by atoms with Crippen molar-refractivity contribution >= 4 is 22.4 Å². The Morgan fingerprint density at radius 3 is 2.23 bits per heavy atom. The van der Waals surface area contributed by atoms with Gasteiger partial charge in [0.2, 0.25) is 0 Å². The first-order valence-electron chi connectivity index (χ1n) is 10.4. The van der Waals surface area contributed by atoms with E-state index in [1.54, 1.807) is 14.2 Å². The van der Waals surface area contributed by atoms with Crippen molar-refractivity contribution in [1.29, 1.82) is 0 Å². The van der Waals surface area contributed by atoms with Gasteiger partial charge < -0.3 is 24.0 Å². The number of fused-ring (bicyclic) bond motifs is 1. The molecule has 6 heteroatoms. The highest BCUT2D eigenvalue weighted by molar-refractivity contribution is 5.94. The number of benzene rings is 2. The van der Waals surface area contributed by atoms with Crippen LogP contribution in [0.3, 0.4) is 0 Å². The first-order valence-corrected chi connectivity index (χ1v) is 10.4. The summed E-state index contributed by atoms with van der Waals surface area (Å²) in [6.07, 6.45) is 0. The molecule has 6 nitrogen and oxygen atoms in total. The highest BCUT2D eigenvalue weighted by Crippen LogP contribution is 2.36. The van der Waals surface area contributed by atoms with E-state index >= 15 is 0 Å². The minimum atomic E-state index is 0.669. The van der Waals surface area contributed by atoms with Crippen LogP contribution >= 0.6 is 0 Å². The van der Waals surface area contributed by atoms with E-state index in [0.717, 1.165) is 71.4 Å². The van der Waals surface area contributed by atoms with Crippen LogP contribution in [0, 0.1) is 6.92 Å². The number of ether oxygens (including phenoxy) is 3. The van der Waals surface area contributed by atoms with Gasteiger partial charge in [-0.15, -0.1) is 0 Å². The van der Waals surface area contributed by atoms with Crippen molar-refractivity contribution in [2.75, 3.05) is 56.8 Å². The molecule has 1 aromatic heterocycles. The van der Waals surface area contributed by atoms with E-state index in [1.165, 1.54) is 0 Å². The molecule has 0 radical (unpaired) electrons. The Hall–Kier alpha value is -3.15. The summed E-state index contributed by atoms with van der Waals surface area (Å²) in [6, 6.07) is 14.3. The lowest BCUT2D eigenvalue weighted by Gasteiger charge is -2.37. The highest BCUT2D eigenvalue weighted by Gasteiger charge is 2.22. The van der Waals surface area contributed by atoms with E-state index < -0.39 is 0 Å². The van der Waals surface area contributed by atoms with Gasteiger partial charge in [-0.2, -0.15) is 0 Å². The van der Waals surface area contributed by atoms with Crippen molar-refractivity contribution < 1.29 is 14.2 Å². The number of aromatic nitrogens is 1. The molecule has 30 heavy (non-hydrogen) atoms. The number of nitrogens with zero attached hydrogens (tertiary/aromatic N) is 3. The fourth-order valence-corrected chi connectivity index (χ4v) is 4.13. The Morgan fingerprint density at radius 2 is 1.53 bits per heavy atom. The summed E-state index contributed by atoms with van der Waals surface area (Å²) >= 11 is 0. The van der Waals surface area contributed by atoms with Crippen molar-refractivity contribution in [1.82, 2.24) is 4.98 Å². The van der Waals surface area contributed by atoms with Crippen molar-refractivity contribution in [3.63, 3.8) is 0 Å². The van der Waals surface area contributed by atoms with Gasteiger partial charge >= 0.3 is 0 Å². The molecule has 0 atom stereocenters. The van der Waals surface area contributed by atoms with Crippen LogP contribution in [0.2, 0.25) is 0 Å². The average Bonchev–Trinajstić information content (AvgIpc) is 2.79. The third kappa shape index (κ3) is 3.70. The molecule has 1 aliphatic rings. The van der Waals surface area contributed by atoms with Gasteiger partial charge in [0.1, 0.15) is 28.6 Å². The quantitative estimate of drug-likeness (QED) is 0.608. The zero-order valence-electron chi connectivity index (χ0n) is 18.1. The van der Waals surface area contributed by atoms with Gasteiger partial charge in [-0.25, -0.2) is 4.98 Å². The first kappa shape index (κ1) is 20.1. The van der Waals surface area contributed by atoms with E-state index in [0.29, 0.717) is 6.61 Å². The van der Waals surface area contributed by atoms with E-state index in [2.05, 4.69) is 34.9 Å². The summed E-state index contributed by atoms with van der Waals surface area (Å²) in [4.78, 5) is 9.69. The Balaban J connectivity index is 1.60. The van der Waals surface area contributed by atoms with Crippen LogP contribution in [-0.4, -0.2) is 52.0 Å². The number of piperazine rings is 1. The van der Waals surface area contributed by atoms with Crippen LogP contribution in [0.5, 0.6) is 17.2 Å². The number of hydrogen-bond acceptors (Lipinski definition) is 6. The number of aryl methyl sites for hydroxylation is 1. The molecule has 1 saturated heterocycles. The molecule has 0 amide bonds. The van der Waals surface area contributed by atoms with E-state index in [1.807, 2.05) is 31.2 Å². The number of anilines is 2. The third-order valence-electron chi connectivity index (χ3n) is 5.62. The monoisotopic (exact) mass is 407 g/mol. The summed E-state index contributed by atoms with van der Waals surface area (Å²) in [7, 11) is 3.37. The van der Waals surface area contributed by atoms with Crippen LogP contribution < -0.4 is 24.0 Å². The van der Waals surface area contributed by atoms with Crippen LogP contribution in [0.15, 0.2) is 42.5 Å². The molecule has 4 rings (SSSR count). The van der Waals surface area contributed by atoms with Crippen molar-refractivity contribution in [2.45, 2.75) is 13.8 Å². The maximum atomic E-state index is 5.82. The predicted octanol–water partition coefficient (Wildman–Crippen LogP) is 4.29. The van der Waals surface area contributed by atoms with Crippen LogP contribution in [0.1, 0.15) is 12.5 Å². The summed E-state index contributed by atoms with van der Waals surface area (Å²) in [5.41, 5.74) is 3.14. The van der Waals surface area contributed by atoms with Gasteiger partial charge in [0.15, 0.2) is 0 Å².